The molecule has 6 nitrogen and oxygen atoms in total. The summed E-state index contributed by atoms with van der Waals surface area (Å²) >= 11 is 0. The lowest BCUT2D eigenvalue weighted by molar-refractivity contribution is -0.147. The molecule has 28 heavy (non-hydrogen) atoms. The Bertz CT molecular complexity index is 934. The van der Waals surface area contributed by atoms with Gasteiger partial charge in [-0.05, 0) is 31.3 Å². The van der Waals surface area contributed by atoms with Gasteiger partial charge in [-0.25, -0.2) is 5.01 Å². The third kappa shape index (κ3) is 2.63. The number of hydrogen-bond acceptors (Lipinski definition) is 6. The van der Waals surface area contributed by atoms with Crippen molar-refractivity contribution >= 4 is 5.71 Å². The van der Waals surface area contributed by atoms with Gasteiger partial charge in [0.25, 0.3) is 0 Å². The highest BCUT2D eigenvalue weighted by atomic mass is 16.5. The molecule has 146 valence electrons. The Kier molecular flexibility index (Phi) is 3.98. The van der Waals surface area contributed by atoms with Gasteiger partial charge in [0.2, 0.25) is 5.72 Å². The van der Waals surface area contributed by atoms with Crippen molar-refractivity contribution in [2.45, 2.75) is 31.0 Å². The Morgan fingerprint density at radius 1 is 1.18 bits per heavy atom. The molecule has 0 unspecified atom stereocenters. The number of hydrogen-bond donors (Lipinski definition) is 1. The first kappa shape index (κ1) is 17.4. The van der Waals surface area contributed by atoms with E-state index in [-0.39, 0.29) is 11.8 Å². The fourth-order valence-electron chi connectivity index (χ4n) is 4.56. The fraction of sp³-hybridized carbons (Fsp3) is 0.409. The second-order valence-electron chi connectivity index (χ2n) is 7.89. The van der Waals surface area contributed by atoms with Crippen LogP contribution < -0.4 is 9.47 Å². The smallest absolute Gasteiger partial charge is 0.200 e. The van der Waals surface area contributed by atoms with E-state index in [0.29, 0.717) is 5.75 Å². The topological polar surface area (TPSA) is 57.5 Å². The minimum absolute atomic E-state index is 0.142. The summed E-state index contributed by atoms with van der Waals surface area (Å²) in [6.07, 6.45) is 2.65. The third-order valence-electron chi connectivity index (χ3n) is 6.19. The largest absolute Gasteiger partial charge is 0.504 e. The summed E-state index contributed by atoms with van der Waals surface area (Å²) in [5.41, 5.74) is 2.77. The van der Waals surface area contributed by atoms with E-state index in [4.69, 9.17) is 14.6 Å². The molecule has 1 saturated heterocycles. The summed E-state index contributed by atoms with van der Waals surface area (Å²) in [6.45, 7) is 1.98. The minimum atomic E-state index is -0.395. The number of phenolic OH excluding ortho intramolecular Hbond substituents is 1. The molecule has 0 aromatic heterocycles. The van der Waals surface area contributed by atoms with Crippen LogP contribution in [0.2, 0.25) is 0 Å². The summed E-state index contributed by atoms with van der Waals surface area (Å²) < 4.78 is 11.9. The molecule has 0 saturated carbocycles. The highest BCUT2D eigenvalue weighted by molar-refractivity contribution is 6.02. The van der Waals surface area contributed by atoms with E-state index in [0.717, 1.165) is 49.4 Å². The van der Waals surface area contributed by atoms with Crippen LogP contribution in [-0.2, 0) is 0 Å². The maximum absolute atomic E-state index is 9.94. The normalized spacial score (nSPS) is 23.0. The van der Waals surface area contributed by atoms with E-state index in [1.54, 1.807) is 13.2 Å². The van der Waals surface area contributed by atoms with Gasteiger partial charge in [-0.2, -0.15) is 5.10 Å². The molecular weight excluding hydrogens is 354 g/mol. The van der Waals surface area contributed by atoms with Gasteiger partial charge in [-0.15, -0.1) is 0 Å². The summed E-state index contributed by atoms with van der Waals surface area (Å²) in [6, 6.07) is 13.9. The first-order valence-electron chi connectivity index (χ1n) is 9.80. The SMILES string of the molecule is COc1cc(C2=NN3[C@@H](C2)c2ccccc2OC32CCN(C)CC2)ccc1O. The molecule has 0 amide bonds. The van der Waals surface area contributed by atoms with Crippen molar-refractivity contribution in [1.29, 1.82) is 0 Å². The zero-order valence-corrected chi connectivity index (χ0v) is 16.3. The van der Waals surface area contributed by atoms with Gasteiger partial charge < -0.3 is 19.5 Å². The number of piperidine rings is 1. The van der Waals surface area contributed by atoms with Crippen molar-refractivity contribution < 1.29 is 14.6 Å². The molecule has 2 aromatic rings. The van der Waals surface area contributed by atoms with Crippen LogP contribution >= 0.6 is 0 Å². The van der Waals surface area contributed by atoms with E-state index in [1.165, 1.54) is 5.56 Å². The number of nitrogens with zero attached hydrogens (tertiary/aromatic N) is 3. The van der Waals surface area contributed by atoms with Crippen LogP contribution in [0.4, 0.5) is 0 Å². The lowest BCUT2D eigenvalue weighted by atomic mass is 9.91. The number of ether oxygens (including phenoxy) is 2. The maximum Gasteiger partial charge on any atom is 0.200 e. The fourth-order valence-corrected chi connectivity index (χ4v) is 4.56. The molecule has 0 aliphatic carbocycles. The van der Waals surface area contributed by atoms with Gasteiger partial charge in [0.05, 0.1) is 18.9 Å². The van der Waals surface area contributed by atoms with Gasteiger partial charge in [-0.1, -0.05) is 18.2 Å². The number of rotatable bonds is 2. The molecule has 1 atom stereocenters. The summed E-state index contributed by atoms with van der Waals surface area (Å²) in [7, 11) is 3.72. The molecule has 3 aliphatic heterocycles. The monoisotopic (exact) mass is 379 g/mol. The van der Waals surface area contributed by atoms with Crippen molar-refractivity contribution in [2.24, 2.45) is 5.10 Å². The quantitative estimate of drug-likeness (QED) is 0.867. The van der Waals surface area contributed by atoms with Crippen molar-refractivity contribution in [3.8, 4) is 17.2 Å². The molecule has 1 fully saturated rings. The van der Waals surface area contributed by atoms with Crippen molar-refractivity contribution in [2.75, 3.05) is 27.2 Å². The zero-order valence-electron chi connectivity index (χ0n) is 16.3. The van der Waals surface area contributed by atoms with E-state index in [9.17, 15) is 5.11 Å². The molecule has 0 radical (unpaired) electrons. The third-order valence-corrected chi connectivity index (χ3v) is 6.19. The Morgan fingerprint density at radius 2 is 1.96 bits per heavy atom. The van der Waals surface area contributed by atoms with Crippen LogP contribution in [0.5, 0.6) is 17.2 Å². The number of para-hydroxylation sites is 1. The van der Waals surface area contributed by atoms with Crippen molar-refractivity contribution in [3.05, 3.63) is 53.6 Å². The molecule has 3 heterocycles. The Hall–Kier alpha value is -2.73. The van der Waals surface area contributed by atoms with E-state index in [2.05, 4.69) is 35.2 Å². The van der Waals surface area contributed by atoms with Crippen LogP contribution in [-0.4, -0.2) is 53.7 Å². The summed E-state index contributed by atoms with van der Waals surface area (Å²) in [5.74, 6) is 1.59. The predicted molar refractivity (Wildman–Crippen MR) is 107 cm³/mol. The number of benzene rings is 2. The minimum Gasteiger partial charge on any atom is -0.504 e. The van der Waals surface area contributed by atoms with Crippen LogP contribution in [0.25, 0.3) is 0 Å². The lowest BCUT2D eigenvalue weighted by Gasteiger charge is -2.50. The number of fused-ring (bicyclic) bond motifs is 4. The highest BCUT2D eigenvalue weighted by Gasteiger charge is 2.51. The summed E-state index contributed by atoms with van der Waals surface area (Å²) in [5, 5.41) is 17.2. The highest BCUT2D eigenvalue weighted by Crippen LogP contribution is 2.50. The Labute approximate surface area is 165 Å². The number of aromatic hydroxyl groups is 1. The average Bonchev–Trinajstić information content (AvgIpc) is 3.17. The first-order valence-corrected chi connectivity index (χ1v) is 9.80. The molecule has 0 bridgehead atoms. The van der Waals surface area contributed by atoms with Crippen LogP contribution in [0.1, 0.15) is 36.4 Å². The molecule has 5 rings (SSSR count). The number of phenols is 1. The molecule has 2 aromatic carbocycles. The molecule has 1 spiro atoms. The Balaban J connectivity index is 1.57. The molecule has 3 aliphatic rings. The lowest BCUT2D eigenvalue weighted by Crippen LogP contribution is -2.58. The van der Waals surface area contributed by atoms with E-state index in [1.807, 2.05) is 18.2 Å². The number of methoxy groups -OCH3 is 1. The molecular formula is C22H25N3O3. The average molecular weight is 379 g/mol. The second-order valence-corrected chi connectivity index (χ2v) is 7.89. The molecule has 1 N–H and O–H groups in total. The van der Waals surface area contributed by atoms with Crippen LogP contribution in [0, 0.1) is 0 Å². The van der Waals surface area contributed by atoms with Gasteiger partial charge in [0.15, 0.2) is 11.5 Å². The zero-order chi connectivity index (χ0) is 19.3. The predicted octanol–water partition coefficient (Wildman–Crippen LogP) is 3.37. The van der Waals surface area contributed by atoms with Crippen LogP contribution in [0.15, 0.2) is 47.6 Å². The summed E-state index contributed by atoms with van der Waals surface area (Å²) in [4.78, 5) is 2.34. The van der Waals surface area contributed by atoms with Crippen molar-refractivity contribution in [1.82, 2.24) is 9.91 Å². The van der Waals surface area contributed by atoms with E-state index >= 15 is 0 Å². The van der Waals surface area contributed by atoms with Gasteiger partial charge >= 0.3 is 0 Å². The Morgan fingerprint density at radius 3 is 2.75 bits per heavy atom. The van der Waals surface area contributed by atoms with Crippen LogP contribution in [0.3, 0.4) is 0 Å². The molecule has 6 heteroatoms. The number of hydrazone groups is 1. The standard InChI is InChI=1S/C22H25N3O3/c1-24-11-9-22(10-12-24)25-18(16-5-3-4-6-20(16)28-22)14-17(23-25)15-7-8-19(26)21(13-15)27-2/h3-8,13,18,26H,9-12,14H2,1-2H3/t18-/m0/s1. The van der Waals surface area contributed by atoms with Gasteiger partial charge in [0, 0.05) is 43.5 Å². The second kappa shape index (κ2) is 6.41. The maximum atomic E-state index is 9.94. The van der Waals surface area contributed by atoms with Gasteiger partial charge in [-0.3, -0.25) is 0 Å². The van der Waals surface area contributed by atoms with Crippen molar-refractivity contribution in [3.63, 3.8) is 0 Å². The van der Waals surface area contributed by atoms with Gasteiger partial charge in [0.1, 0.15) is 5.75 Å². The number of likely N-dealkylation sites (tertiary alicyclic amines) is 1. The van der Waals surface area contributed by atoms with E-state index < -0.39 is 5.72 Å². The first-order chi connectivity index (χ1) is 13.6.